The first kappa shape index (κ1) is 16.2. The lowest BCUT2D eigenvalue weighted by Gasteiger charge is -2.22. The molecule has 1 aromatic carbocycles. The largest absolute Gasteiger partial charge is 0.407 e. The Kier molecular flexibility index (Phi) is 6.00. The molecule has 19 heavy (non-hydrogen) atoms. The van der Waals surface area contributed by atoms with Gasteiger partial charge in [0.25, 0.3) is 0 Å². The van der Waals surface area contributed by atoms with E-state index in [-0.39, 0.29) is 17.4 Å². The number of hydrogen-bond acceptors (Lipinski definition) is 2. The number of rotatable bonds is 6. The van der Waals surface area contributed by atoms with Crippen LogP contribution in [0, 0.1) is 0 Å². The summed E-state index contributed by atoms with van der Waals surface area (Å²) in [5, 5.41) is 2.39. The third-order valence-corrected chi connectivity index (χ3v) is 4.30. The molecule has 0 saturated heterocycles. The van der Waals surface area contributed by atoms with Gasteiger partial charge < -0.3 is 5.32 Å². The van der Waals surface area contributed by atoms with Gasteiger partial charge in [-0.1, -0.05) is 37.3 Å². The van der Waals surface area contributed by atoms with Gasteiger partial charge in [-0.15, -0.1) is 0 Å². The van der Waals surface area contributed by atoms with Crippen LogP contribution in [0.25, 0.3) is 0 Å². The average molecular weight is 293 g/mol. The van der Waals surface area contributed by atoms with E-state index in [0.717, 1.165) is 0 Å². The van der Waals surface area contributed by atoms with Crippen molar-refractivity contribution in [1.29, 1.82) is 0 Å². The maximum absolute atomic E-state index is 13.0. The van der Waals surface area contributed by atoms with Crippen LogP contribution in [0.4, 0.5) is 13.2 Å². The molecule has 0 aliphatic carbocycles. The van der Waals surface area contributed by atoms with Gasteiger partial charge in [-0.3, -0.25) is 4.21 Å². The lowest BCUT2D eigenvalue weighted by Crippen LogP contribution is -2.35. The summed E-state index contributed by atoms with van der Waals surface area (Å²) in [7, 11) is -1.01. The molecule has 0 heterocycles. The third-order valence-electron chi connectivity index (χ3n) is 2.93. The van der Waals surface area contributed by atoms with E-state index in [1.165, 1.54) is 12.1 Å². The number of hydrogen-bond donors (Lipinski definition) is 1. The van der Waals surface area contributed by atoms with Crippen molar-refractivity contribution >= 4 is 10.8 Å². The number of benzene rings is 1. The standard InChI is InChI=1S/C13H18F3NOS/c1-10(19(2)18)8-9-17-12(13(14,15)16)11-6-4-3-5-7-11/h3-7,10,12,17H,8-9H2,1-2H3. The van der Waals surface area contributed by atoms with E-state index < -0.39 is 23.0 Å². The van der Waals surface area contributed by atoms with Crippen molar-refractivity contribution in [3.63, 3.8) is 0 Å². The SMILES string of the molecule is CC(CCNC(c1ccccc1)C(F)(F)F)S(C)=O. The first-order valence-corrected chi connectivity index (χ1v) is 7.61. The lowest BCUT2D eigenvalue weighted by molar-refractivity contribution is -0.157. The second-order valence-electron chi connectivity index (χ2n) is 4.44. The molecule has 3 unspecified atom stereocenters. The quantitative estimate of drug-likeness (QED) is 0.873. The van der Waals surface area contributed by atoms with Crippen LogP contribution in [0.15, 0.2) is 30.3 Å². The molecule has 2 nitrogen and oxygen atoms in total. The molecular formula is C13H18F3NOS. The Morgan fingerprint density at radius 1 is 1.26 bits per heavy atom. The summed E-state index contributed by atoms with van der Waals surface area (Å²) >= 11 is 0. The monoisotopic (exact) mass is 293 g/mol. The Bertz CT molecular complexity index is 408. The summed E-state index contributed by atoms with van der Waals surface area (Å²) in [6, 6.07) is 6.07. The smallest absolute Gasteiger partial charge is 0.302 e. The first-order chi connectivity index (χ1) is 8.82. The van der Waals surface area contributed by atoms with Crippen molar-refractivity contribution in [3.8, 4) is 0 Å². The van der Waals surface area contributed by atoms with Crippen molar-refractivity contribution in [1.82, 2.24) is 5.32 Å². The molecule has 3 atom stereocenters. The zero-order valence-corrected chi connectivity index (χ0v) is 11.7. The normalized spacial score (nSPS) is 16.9. The van der Waals surface area contributed by atoms with Crippen molar-refractivity contribution in [2.45, 2.75) is 30.8 Å². The molecule has 0 bridgehead atoms. The highest BCUT2D eigenvalue weighted by Gasteiger charge is 2.40. The molecule has 0 amide bonds. The molecule has 0 fully saturated rings. The van der Waals surface area contributed by atoms with Gasteiger partial charge >= 0.3 is 6.18 Å². The Morgan fingerprint density at radius 2 is 1.84 bits per heavy atom. The van der Waals surface area contributed by atoms with E-state index >= 15 is 0 Å². The fraction of sp³-hybridized carbons (Fsp3) is 0.538. The molecule has 0 aromatic heterocycles. The van der Waals surface area contributed by atoms with Crippen LogP contribution in [0.1, 0.15) is 24.9 Å². The van der Waals surface area contributed by atoms with E-state index in [4.69, 9.17) is 0 Å². The third kappa shape index (κ3) is 5.32. The summed E-state index contributed by atoms with van der Waals surface area (Å²) in [5.74, 6) is 0. The van der Waals surface area contributed by atoms with E-state index in [2.05, 4.69) is 5.32 Å². The highest BCUT2D eigenvalue weighted by Crippen LogP contribution is 2.32. The molecule has 108 valence electrons. The summed E-state index contributed by atoms with van der Waals surface area (Å²) in [6.45, 7) is 1.95. The van der Waals surface area contributed by atoms with Crippen LogP contribution in [-0.4, -0.2) is 28.4 Å². The number of alkyl halides is 3. The zero-order valence-electron chi connectivity index (χ0n) is 10.9. The van der Waals surface area contributed by atoms with E-state index in [1.54, 1.807) is 31.4 Å². The molecule has 1 aromatic rings. The fourth-order valence-corrected chi connectivity index (χ4v) is 2.11. The Balaban J connectivity index is 2.65. The van der Waals surface area contributed by atoms with Crippen molar-refractivity contribution in [3.05, 3.63) is 35.9 Å². The van der Waals surface area contributed by atoms with Gasteiger partial charge in [-0.25, -0.2) is 0 Å². The second kappa shape index (κ2) is 7.05. The van der Waals surface area contributed by atoms with Gasteiger partial charge in [0.05, 0.1) is 0 Å². The minimum Gasteiger partial charge on any atom is -0.302 e. The Morgan fingerprint density at radius 3 is 2.32 bits per heavy atom. The minimum atomic E-state index is -4.34. The number of halogens is 3. The van der Waals surface area contributed by atoms with Crippen LogP contribution in [0.3, 0.4) is 0 Å². The summed E-state index contributed by atoms with van der Waals surface area (Å²) in [4.78, 5) is 0. The zero-order chi connectivity index (χ0) is 14.5. The Labute approximate surface area is 113 Å². The van der Waals surface area contributed by atoms with Crippen LogP contribution in [0.2, 0.25) is 0 Å². The van der Waals surface area contributed by atoms with Crippen LogP contribution < -0.4 is 5.32 Å². The van der Waals surface area contributed by atoms with Gasteiger partial charge in [0.15, 0.2) is 0 Å². The summed E-state index contributed by atoms with van der Waals surface area (Å²) < 4.78 is 50.0. The topological polar surface area (TPSA) is 29.1 Å². The van der Waals surface area contributed by atoms with Gasteiger partial charge in [0.1, 0.15) is 6.04 Å². The van der Waals surface area contributed by atoms with Gasteiger partial charge in [-0.2, -0.15) is 13.2 Å². The van der Waals surface area contributed by atoms with E-state index in [1.807, 2.05) is 0 Å². The van der Waals surface area contributed by atoms with Crippen LogP contribution in [-0.2, 0) is 10.8 Å². The predicted octanol–water partition coefficient (Wildman–Crippen LogP) is 3.04. The van der Waals surface area contributed by atoms with Crippen molar-refractivity contribution in [2.75, 3.05) is 12.8 Å². The van der Waals surface area contributed by atoms with Gasteiger partial charge in [0, 0.05) is 22.3 Å². The molecule has 0 spiro atoms. The summed E-state index contributed by atoms with van der Waals surface area (Å²) in [6.07, 6.45) is -2.33. The first-order valence-electron chi connectivity index (χ1n) is 5.99. The maximum Gasteiger partial charge on any atom is 0.407 e. The average Bonchev–Trinajstić information content (AvgIpc) is 2.33. The molecule has 0 saturated carbocycles. The maximum atomic E-state index is 13.0. The predicted molar refractivity (Wildman–Crippen MR) is 71.4 cm³/mol. The molecule has 1 rings (SSSR count). The van der Waals surface area contributed by atoms with Crippen LogP contribution >= 0.6 is 0 Å². The van der Waals surface area contributed by atoms with Crippen molar-refractivity contribution < 1.29 is 17.4 Å². The van der Waals surface area contributed by atoms with E-state index in [0.29, 0.717) is 6.42 Å². The molecule has 1 N–H and O–H groups in total. The lowest BCUT2D eigenvalue weighted by atomic mass is 10.1. The second-order valence-corrected chi connectivity index (χ2v) is 6.24. The molecule has 0 aliphatic rings. The minimum absolute atomic E-state index is 0.114. The van der Waals surface area contributed by atoms with Gasteiger partial charge in [-0.05, 0) is 18.5 Å². The van der Waals surface area contributed by atoms with E-state index in [9.17, 15) is 17.4 Å². The fourth-order valence-electron chi connectivity index (χ4n) is 1.66. The molecule has 0 aliphatic heterocycles. The molecule has 0 radical (unpaired) electrons. The van der Waals surface area contributed by atoms with Gasteiger partial charge in [0.2, 0.25) is 0 Å². The highest BCUT2D eigenvalue weighted by molar-refractivity contribution is 7.84. The van der Waals surface area contributed by atoms with Crippen molar-refractivity contribution in [2.24, 2.45) is 0 Å². The van der Waals surface area contributed by atoms with Crippen LogP contribution in [0.5, 0.6) is 0 Å². The highest BCUT2D eigenvalue weighted by atomic mass is 32.2. The summed E-state index contributed by atoms with van der Waals surface area (Å²) in [5.41, 5.74) is 0.195. The number of nitrogens with one attached hydrogen (secondary N) is 1. The Hall–Kier alpha value is -0.880. The molecular weight excluding hydrogens is 275 g/mol. The molecule has 6 heteroatoms.